The molecule has 0 atom stereocenters. The van der Waals surface area contributed by atoms with E-state index in [1.165, 1.54) is 0 Å². The third-order valence-corrected chi connectivity index (χ3v) is 5.88. The fraction of sp³-hybridized carbons (Fsp3) is 0.545. The van der Waals surface area contributed by atoms with Crippen LogP contribution in [0.2, 0.25) is 0 Å². The van der Waals surface area contributed by atoms with Gasteiger partial charge >= 0.3 is 0 Å². The van der Waals surface area contributed by atoms with Crippen LogP contribution in [0, 0.1) is 12.8 Å². The molecule has 0 bridgehead atoms. The van der Waals surface area contributed by atoms with Crippen LogP contribution in [0.15, 0.2) is 28.8 Å². The van der Waals surface area contributed by atoms with E-state index in [1.54, 1.807) is 9.80 Å². The van der Waals surface area contributed by atoms with E-state index in [0.29, 0.717) is 56.5 Å². The molecule has 1 aromatic carbocycles. The van der Waals surface area contributed by atoms with Crippen LogP contribution >= 0.6 is 0 Å². The summed E-state index contributed by atoms with van der Waals surface area (Å²) in [6.45, 7) is 5.00. The van der Waals surface area contributed by atoms with Crippen molar-refractivity contribution in [3.8, 4) is 0 Å². The van der Waals surface area contributed by atoms with Crippen LogP contribution in [0.1, 0.15) is 46.4 Å². The number of hydrogen-bond donors (Lipinski definition) is 0. The molecule has 3 heterocycles. The predicted molar refractivity (Wildman–Crippen MR) is 109 cm³/mol. The summed E-state index contributed by atoms with van der Waals surface area (Å²) >= 11 is 0. The number of benzene rings is 1. The molecule has 2 fully saturated rings. The number of ether oxygens (including phenoxy) is 1. The molecule has 2 aliphatic rings. The largest absolute Gasteiger partial charge is 0.381 e. The molecule has 160 valence electrons. The van der Waals surface area contributed by atoms with Gasteiger partial charge in [0.05, 0.1) is 5.92 Å². The Kier molecular flexibility index (Phi) is 6.13. The lowest BCUT2D eigenvalue weighted by atomic mass is 9.98. The van der Waals surface area contributed by atoms with Crippen LogP contribution in [0.4, 0.5) is 0 Å². The fourth-order valence-electron chi connectivity index (χ4n) is 3.93. The van der Waals surface area contributed by atoms with Gasteiger partial charge < -0.3 is 19.1 Å². The Balaban J connectivity index is 1.25. The van der Waals surface area contributed by atoms with Crippen LogP contribution in [-0.2, 0) is 16.0 Å². The van der Waals surface area contributed by atoms with Crippen molar-refractivity contribution in [3.63, 3.8) is 0 Å². The molecule has 8 nitrogen and oxygen atoms in total. The molecule has 2 saturated heterocycles. The van der Waals surface area contributed by atoms with Crippen molar-refractivity contribution in [1.82, 2.24) is 19.9 Å². The van der Waals surface area contributed by atoms with Gasteiger partial charge in [0, 0.05) is 57.8 Å². The van der Waals surface area contributed by atoms with E-state index < -0.39 is 0 Å². The average Bonchev–Trinajstić information content (AvgIpc) is 3.19. The normalized spacial score (nSPS) is 17.6. The number of carbonyl (C=O) groups is 2. The molecule has 0 unspecified atom stereocenters. The standard InChI is InChI=1S/C22H28N4O4/c1-15-4-3-5-17(12-15)22(28)26-13-18(14-26)20-23-19(24-30-20)6-9-25(2)21(27)16-7-10-29-11-8-16/h3-5,12,16,18H,6-11,13-14H2,1-2H3. The van der Waals surface area contributed by atoms with E-state index in [4.69, 9.17) is 9.26 Å². The SMILES string of the molecule is Cc1cccc(C(=O)N2CC(c3nc(CCN(C)C(=O)C4CCOCC4)no3)C2)c1. The van der Waals surface area contributed by atoms with Gasteiger partial charge in [0.2, 0.25) is 11.8 Å². The Labute approximate surface area is 176 Å². The van der Waals surface area contributed by atoms with E-state index in [1.807, 2.05) is 38.2 Å². The molecule has 2 aromatic rings. The van der Waals surface area contributed by atoms with E-state index in [0.717, 1.165) is 18.4 Å². The molecule has 2 aliphatic heterocycles. The molecule has 8 heteroatoms. The summed E-state index contributed by atoms with van der Waals surface area (Å²) in [6, 6.07) is 7.61. The molecule has 0 radical (unpaired) electrons. The van der Waals surface area contributed by atoms with Crippen molar-refractivity contribution in [3.05, 3.63) is 47.1 Å². The number of rotatable bonds is 6. The van der Waals surface area contributed by atoms with E-state index in [-0.39, 0.29) is 23.7 Å². The highest BCUT2D eigenvalue weighted by Crippen LogP contribution is 2.27. The number of aromatic nitrogens is 2. The summed E-state index contributed by atoms with van der Waals surface area (Å²) in [7, 11) is 1.82. The van der Waals surface area contributed by atoms with Crippen molar-refractivity contribution in [2.45, 2.75) is 32.1 Å². The second kappa shape index (κ2) is 8.95. The van der Waals surface area contributed by atoms with Crippen molar-refractivity contribution >= 4 is 11.8 Å². The first-order valence-electron chi connectivity index (χ1n) is 10.5. The van der Waals surface area contributed by atoms with Crippen molar-refractivity contribution in [2.24, 2.45) is 5.92 Å². The minimum Gasteiger partial charge on any atom is -0.381 e. The Morgan fingerprint density at radius 2 is 2.00 bits per heavy atom. The molecule has 0 aliphatic carbocycles. The average molecular weight is 412 g/mol. The monoisotopic (exact) mass is 412 g/mol. The molecule has 4 rings (SSSR count). The van der Waals surface area contributed by atoms with Gasteiger partial charge in [-0.2, -0.15) is 4.98 Å². The molecule has 0 N–H and O–H groups in total. The minimum absolute atomic E-state index is 0.0305. The molecule has 0 saturated carbocycles. The van der Waals surface area contributed by atoms with Gasteiger partial charge in [-0.15, -0.1) is 0 Å². The van der Waals surface area contributed by atoms with Crippen LogP contribution in [0.25, 0.3) is 0 Å². The zero-order chi connectivity index (χ0) is 21.1. The van der Waals surface area contributed by atoms with Crippen LogP contribution in [-0.4, -0.2) is 71.7 Å². The van der Waals surface area contributed by atoms with E-state index >= 15 is 0 Å². The lowest BCUT2D eigenvalue weighted by Crippen LogP contribution is -2.48. The number of likely N-dealkylation sites (N-methyl/N-ethyl adjacent to an activating group) is 1. The lowest BCUT2D eigenvalue weighted by Gasteiger charge is -2.37. The summed E-state index contributed by atoms with van der Waals surface area (Å²) in [5.74, 6) is 1.48. The van der Waals surface area contributed by atoms with Crippen LogP contribution in [0.3, 0.4) is 0 Å². The number of nitrogens with zero attached hydrogens (tertiary/aromatic N) is 4. The Bertz CT molecular complexity index is 900. The maximum atomic E-state index is 12.5. The van der Waals surface area contributed by atoms with Gasteiger partial charge in [0.1, 0.15) is 0 Å². The molecular weight excluding hydrogens is 384 g/mol. The molecule has 0 spiro atoms. The highest BCUT2D eigenvalue weighted by Gasteiger charge is 2.36. The third-order valence-electron chi connectivity index (χ3n) is 5.88. The summed E-state index contributed by atoms with van der Waals surface area (Å²) in [5.41, 5.74) is 1.77. The summed E-state index contributed by atoms with van der Waals surface area (Å²) < 4.78 is 10.7. The number of aryl methyl sites for hydroxylation is 1. The number of likely N-dealkylation sites (tertiary alicyclic amines) is 1. The lowest BCUT2D eigenvalue weighted by molar-refractivity contribution is -0.137. The van der Waals surface area contributed by atoms with Gasteiger partial charge in [-0.25, -0.2) is 0 Å². The van der Waals surface area contributed by atoms with Gasteiger partial charge in [-0.3, -0.25) is 9.59 Å². The maximum Gasteiger partial charge on any atom is 0.253 e. The Hall–Kier alpha value is -2.74. The molecular formula is C22H28N4O4. The third kappa shape index (κ3) is 4.53. The Morgan fingerprint density at radius 1 is 1.23 bits per heavy atom. The first-order chi connectivity index (χ1) is 14.5. The maximum absolute atomic E-state index is 12.5. The van der Waals surface area contributed by atoms with Gasteiger partial charge in [-0.1, -0.05) is 22.9 Å². The zero-order valence-corrected chi connectivity index (χ0v) is 17.5. The summed E-state index contributed by atoms with van der Waals surface area (Å²) in [4.78, 5) is 33.1. The quantitative estimate of drug-likeness (QED) is 0.721. The van der Waals surface area contributed by atoms with Crippen molar-refractivity contribution in [1.29, 1.82) is 0 Å². The van der Waals surface area contributed by atoms with E-state index in [9.17, 15) is 9.59 Å². The fourth-order valence-corrected chi connectivity index (χ4v) is 3.93. The number of carbonyl (C=O) groups excluding carboxylic acids is 2. The molecule has 1 aromatic heterocycles. The van der Waals surface area contributed by atoms with Gasteiger partial charge in [-0.05, 0) is 31.9 Å². The second-order valence-electron chi connectivity index (χ2n) is 8.22. The number of hydrogen-bond acceptors (Lipinski definition) is 6. The van der Waals surface area contributed by atoms with E-state index in [2.05, 4.69) is 10.1 Å². The highest BCUT2D eigenvalue weighted by atomic mass is 16.5. The zero-order valence-electron chi connectivity index (χ0n) is 17.5. The smallest absolute Gasteiger partial charge is 0.253 e. The Morgan fingerprint density at radius 3 is 2.73 bits per heavy atom. The molecule has 30 heavy (non-hydrogen) atoms. The van der Waals surface area contributed by atoms with Gasteiger partial charge in [0.15, 0.2) is 5.82 Å². The predicted octanol–water partition coefficient (Wildman–Crippen LogP) is 2.05. The molecule has 2 amide bonds. The number of amides is 2. The minimum atomic E-state index is 0.0305. The van der Waals surface area contributed by atoms with Crippen molar-refractivity contribution < 1.29 is 18.8 Å². The summed E-state index contributed by atoms with van der Waals surface area (Å²) in [5, 5.41) is 4.06. The summed E-state index contributed by atoms with van der Waals surface area (Å²) in [6.07, 6.45) is 2.12. The first kappa shape index (κ1) is 20.5. The van der Waals surface area contributed by atoms with Crippen molar-refractivity contribution in [2.75, 3.05) is 39.9 Å². The first-order valence-corrected chi connectivity index (χ1v) is 10.5. The van der Waals surface area contributed by atoms with Crippen LogP contribution < -0.4 is 0 Å². The topological polar surface area (TPSA) is 88.8 Å². The second-order valence-corrected chi connectivity index (χ2v) is 8.22. The van der Waals surface area contributed by atoms with Crippen LogP contribution in [0.5, 0.6) is 0 Å². The van der Waals surface area contributed by atoms with Gasteiger partial charge in [0.25, 0.3) is 5.91 Å². The highest BCUT2D eigenvalue weighted by molar-refractivity contribution is 5.95.